The first kappa shape index (κ1) is 13.0. The summed E-state index contributed by atoms with van der Waals surface area (Å²) in [5.74, 6) is -0.465. The molecule has 0 spiro atoms. The molecular weight excluding hydrogens is 252 g/mol. The first-order valence-electron chi connectivity index (χ1n) is 5.83. The van der Waals surface area contributed by atoms with E-state index in [1.165, 1.54) is 11.3 Å². The lowest BCUT2D eigenvalue weighted by Gasteiger charge is -2.12. The van der Waals surface area contributed by atoms with Gasteiger partial charge in [0.15, 0.2) is 0 Å². The van der Waals surface area contributed by atoms with Crippen molar-refractivity contribution >= 4 is 23.2 Å². The summed E-state index contributed by atoms with van der Waals surface area (Å²) in [7, 11) is 0. The van der Waals surface area contributed by atoms with Gasteiger partial charge >= 0.3 is 0 Å². The van der Waals surface area contributed by atoms with Crippen LogP contribution in [0.25, 0.3) is 0 Å². The summed E-state index contributed by atoms with van der Waals surface area (Å²) in [4.78, 5) is 23.1. The highest BCUT2D eigenvalue weighted by Crippen LogP contribution is 2.44. The van der Waals surface area contributed by atoms with Crippen molar-refractivity contribution in [2.45, 2.75) is 12.8 Å². The molecule has 18 heavy (non-hydrogen) atoms. The highest BCUT2D eigenvalue weighted by molar-refractivity contribution is 7.08. The minimum Gasteiger partial charge on any atom is -0.396 e. The van der Waals surface area contributed by atoms with Crippen molar-refractivity contribution in [2.24, 2.45) is 5.41 Å². The molecule has 0 aromatic carbocycles. The molecule has 6 heteroatoms. The third-order valence-electron chi connectivity index (χ3n) is 3.15. The molecule has 5 nitrogen and oxygen atoms in total. The zero-order valence-electron chi connectivity index (χ0n) is 9.94. The van der Waals surface area contributed by atoms with Gasteiger partial charge in [0.05, 0.1) is 13.2 Å². The molecular formula is C12H16N2O3S. The average molecular weight is 268 g/mol. The maximum absolute atomic E-state index is 11.6. The molecule has 0 aliphatic heterocycles. The third-order valence-corrected chi connectivity index (χ3v) is 3.83. The summed E-state index contributed by atoms with van der Waals surface area (Å²) in [6.45, 7) is 0.557. The van der Waals surface area contributed by atoms with Crippen molar-refractivity contribution in [1.29, 1.82) is 0 Å². The first-order chi connectivity index (χ1) is 8.65. The van der Waals surface area contributed by atoms with Gasteiger partial charge in [-0.1, -0.05) is 0 Å². The number of hydrogen-bond acceptors (Lipinski definition) is 4. The average Bonchev–Trinajstić information content (AvgIpc) is 2.96. The van der Waals surface area contributed by atoms with Crippen LogP contribution in [-0.4, -0.2) is 36.6 Å². The lowest BCUT2D eigenvalue weighted by atomic mass is 10.1. The predicted octanol–water partition coefficient (Wildman–Crippen LogP) is 0.367. The Labute approximate surface area is 109 Å². The fraction of sp³-hybridized carbons (Fsp3) is 0.500. The van der Waals surface area contributed by atoms with Gasteiger partial charge in [-0.25, -0.2) is 0 Å². The summed E-state index contributed by atoms with van der Waals surface area (Å²) in [6, 6.07) is 1.71. The van der Waals surface area contributed by atoms with Gasteiger partial charge in [0.2, 0.25) is 5.91 Å². The molecule has 0 unspecified atom stereocenters. The Hall–Kier alpha value is -1.40. The molecule has 1 aromatic heterocycles. The van der Waals surface area contributed by atoms with E-state index in [0.717, 1.165) is 12.8 Å². The second-order valence-corrected chi connectivity index (χ2v) is 5.41. The Bertz CT molecular complexity index is 427. The standard InChI is InChI=1S/C12H16N2O3S/c15-8-12(2-3-12)7-14-10(16)5-13-11(17)9-1-4-18-6-9/h1,4,6,15H,2-3,5,7-8H2,(H,13,17)(H,14,16). The van der Waals surface area contributed by atoms with Gasteiger partial charge in [0.25, 0.3) is 5.91 Å². The van der Waals surface area contributed by atoms with Gasteiger partial charge in [-0.2, -0.15) is 11.3 Å². The summed E-state index contributed by atoms with van der Waals surface area (Å²) in [5, 5.41) is 17.9. The number of hydrogen-bond donors (Lipinski definition) is 3. The highest BCUT2D eigenvalue weighted by Gasteiger charge is 2.41. The fourth-order valence-electron chi connectivity index (χ4n) is 1.57. The molecule has 1 saturated carbocycles. The Morgan fingerprint density at radius 3 is 2.72 bits per heavy atom. The van der Waals surface area contributed by atoms with Crippen molar-refractivity contribution in [1.82, 2.24) is 10.6 Å². The van der Waals surface area contributed by atoms with Crippen LogP contribution in [0, 0.1) is 5.41 Å². The number of aliphatic hydroxyl groups excluding tert-OH is 1. The number of amides is 2. The van der Waals surface area contributed by atoms with Gasteiger partial charge in [-0.3, -0.25) is 9.59 Å². The molecule has 1 aliphatic carbocycles. The lowest BCUT2D eigenvalue weighted by molar-refractivity contribution is -0.120. The summed E-state index contributed by atoms with van der Waals surface area (Å²) < 4.78 is 0. The number of thiophene rings is 1. The Morgan fingerprint density at radius 1 is 1.39 bits per heavy atom. The molecule has 0 radical (unpaired) electrons. The smallest absolute Gasteiger partial charge is 0.252 e. The summed E-state index contributed by atoms with van der Waals surface area (Å²) >= 11 is 1.44. The number of carbonyl (C=O) groups is 2. The first-order valence-corrected chi connectivity index (χ1v) is 6.77. The van der Waals surface area contributed by atoms with Crippen LogP contribution in [0.2, 0.25) is 0 Å². The SMILES string of the molecule is O=C(CNC(=O)c1ccsc1)NCC1(CO)CC1. The molecule has 0 atom stereocenters. The van der Waals surface area contributed by atoms with Crippen LogP contribution in [0.3, 0.4) is 0 Å². The number of aliphatic hydroxyl groups is 1. The van der Waals surface area contributed by atoms with E-state index in [1.54, 1.807) is 11.4 Å². The fourth-order valence-corrected chi connectivity index (χ4v) is 2.21. The molecule has 1 heterocycles. The van der Waals surface area contributed by atoms with Crippen molar-refractivity contribution in [2.75, 3.05) is 19.7 Å². The molecule has 1 aliphatic rings. The van der Waals surface area contributed by atoms with E-state index in [-0.39, 0.29) is 30.4 Å². The Balaban J connectivity index is 1.67. The van der Waals surface area contributed by atoms with Crippen LogP contribution in [0.5, 0.6) is 0 Å². The monoisotopic (exact) mass is 268 g/mol. The van der Waals surface area contributed by atoms with Crippen LogP contribution in [0.15, 0.2) is 16.8 Å². The largest absolute Gasteiger partial charge is 0.396 e. The normalized spacial score (nSPS) is 16.1. The maximum atomic E-state index is 11.6. The molecule has 2 amide bonds. The van der Waals surface area contributed by atoms with Crippen molar-refractivity contribution in [3.05, 3.63) is 22.4 Å². The van der Waals surface area contributed by atoms with Crippen LogP contribution in [0.4, 0.5) is 0 Å². The second-order valence-electron chi connectivity index (χ2n) is 4.63. The van der Waals surface area contributed by atoms with Crippen molar-refractivity contribution in [3.63, 3.8) is 0 Å². The van der Waals surface area contributed by atoms with E-state index in [4.69, 9.17) is 5.11 Å². The lowest BCUT2D eigenvalue weighted by Crippen LogP contribution is -2.39. The molecule has 98 valence electrons. The van der Waals surface area contributed by atoms with E-state index in [1.807, 2.05) is 5.38 Å². The topological polar surface area (TPSA) is 78.4 Å². The second kappa shape index (κ2) is 5.49. The van der Waals surface area contributed by atoms with E-state index in [9.17, 15) is 9.59 Å². The van der Waals surface area contributed by atoms with Gasteiger partial charge in [0, 0.05) is 22.9 Å². The van der Waals surface area contributed by atoms with Gasteiger partial charge < -0.3 is 15.7 Å². The zero-order chi connectivity index (χ0) is 13.0. The van der Waals surface area contributed by atoms with Crippen LogP contribution >= 0.6 is 11.3 Å². The maximum Gasteiger partial charge on any atom is 0.252 e. The number of nitrogens with one attached hydrogen (secondary N) is 2. The van der Waals surface area contributed by atoms with Gasteiger partial charge in [-0.05, 0) is 24.3 Å². The molecule has 1 fully saturated rings. The zero-order valence-corrected chi connectivity index (χ0v) is 10.8. The Kier molecular flexibility index (Phi) is 3.98. The minimum absolute atomic E-state index is 0.0316. The quantitative estimate of drug-likeness (QED) is 0.697. The molecule has 1 aromatic rings. The molecule has 2 rings (SSSR count). The van der Waals surface area contributed by atoms with E-state index in [2.05, 4.69) is 10.6 Å². The van der Waals surface area contributed by atoms with Crippen LogP contribution in [-0.2, 0) is 4.79 Å². The van der Waals surface area contributed by atoms with Crippen molar-refractivity contribution in [3.8, 4) is 0 Å². The van der Waals surface area contributed by atoms with E-state index >= 15 is 0 Å². The molecule has 0 bridgehead atoms. The van der Waals surface area contributed by atoms with Crippen LogP contribution < -0.4 is 10.6 Å². The molecule has 0 saturated heterocycles. The Morgan fingerprint density at radius 2 is 2.17 bits per heavy atom. The predicted molar refractivity (Wildman–Crippen MR) is 68.4 cm³/mol. The summed E-state index contributed by atoms with van der Waals surface area (Å²) in [5.41, 5.74) is 0.467. The molecule has 3 N–H and O–H groups in total. The highest BCUT2D eigenvalue weighted by atomic mass is 32.1. The van der Waals surface area contributed by atoms with Gasteiger partial charge in [-0.15, -0.1) is 0 Å². The minimum atomic E-state index is -0.241. The van der Waals surface area contributed by atoms with E-state index < -0.39 is 0 Å². The number of carbonyl (C=O) groups excluding carboxylic acids is 2. The van der Waals surface area contributed by atoms with Crippen molar-refractivity contribution < 1.29 is 14.7 Å². The summed E-state index contributed by atoms with van der Waals surface area (Å²) in [6.07, 6.45) is 1.90. The third kappa shape index (κ3) is 3.30. The van der Waals surface area contributed by atoms with E-state index in [0.29, 0.717) is 12.1 Å². The van der Waals surface area contributed by atoms with Gasteiger partial charge in [0.1, 0.15) is 0 Å². The van der Waals surface area contributed by atoms with Crippen LogP contribution in [0.1, 0.15) is 23.2 Å². The number of rotatable bonds is 6.